The molecule has 45 heavy (non-hydrogen) atoms. The molecule has 0 aromatic heterocycles. The van der Waals surface area contributed by atoms with Crippen molar-refractivity contribution >= 4 is 31.7 Å². The van der Waals surface area contributed by atoms with E-state index in [1.807, 2.05) is 30.3 Å². The molecule has 0 bridgehead atoms. The van der Waals surface area contributed by atoms with E-state index in [9.17, 15) is 13.5 Å². The summed E-state index contributed by atoms with van der Waals surface area (Å²) in [6.45, 7) is 0.316. The SMILES string of the molecule is CS(=O)(=O)OCCOc1ccc2cc(C3(c4ccc5cc(OCCO)ccc5c4)c4ccccc4-c4ccccc43)ccc2c1. The van der Waals surface area contributed by atoms with Crippen molar-refractivity contribution < 1.29 is 27.2 Å². The van der Waals surface area contributed by atoms with Crippen LogP contribution in [0, 0.1) is 0 Å². The van der Waals surface area contributed by atoms with E-state index >= 15 is 0 Å². The molecule has 0 fully saturated rings. The van der Waals surface area contributed by atoms with Gasteiger partial charge in [-0.1, -0.05) is 84.9 Å². The number of ether oxygens (including phenoxy) is 2. The van der Waals surface area contributed by atoms with E-state index in [2.05, 4.69) is 91.0 Å². The molecule has 6 nitrogen and oxygen atoms in total. The predicted molar refractivity (Wildman–Crippen MR) is 178 cm³/mol. The van der Waals surface area contributed by atoms with Crippen LogP contribution >= 0.6 is 0 Å². The molecule has 0 heterocycles. The van der Waals surface area contributed by atoms with Gasteiger partial charge in [-0.15, -0.1) is 0 Å². The van der Waals surface area contributed by atoms with Gasteiger partial charge in [-0.05, 0) is 91.3 Å². The van der Waals surface area contributed by atoms with Crippen molar-refractivity contribution in [2.24, 2.45) is 0 Å². The molecule has 1 aliphatic carbocycles. The van der Waals surface area contributed by atoms with E-state index in [4.69, 9.17) is 13.7 Å². The first kappa shape index (κ1) is 29.0. The lowest BCUT2D eigenvalue weighted by Crippen LogP contribution is -2.28. The Morgan fingerprint density at radius 3 is 1.56 bits per heavy atom. The minimum Gasteiger partial charge on any atom is -0.491 e. The Morgan fingerprint density at radius 2 is 1.04 bits per heavy atom. The van der Waals surface area contributed by atoms with Crippen molar-refractivity contribution in [1.82, 2.24) is 0 Å². The molecule has 1 N–H and O–H groups in total. The molecule has 0 spiro atoms. The highest BCUT2D eigenvalue weighted by molar-refractivity contribution is 7.85. The van der Waals surface area contributed by atoms with Gasteiger partial charge in [0, 0.05) is 0 Å². The second-order valence-electron chi connectivity index (χ2n) is 11.2. The number of fused-ring (bicyclic) bond motifs is 5. The van der Waals surface area contributed by atoms with Crippen LogP contribution in [0.5, 0.6) is 11.5 Å². The number of hydrogen-bond acceptors (Lipinski definition) is 6. The molecule has 7 heteroatoms. The Labute approximate surface area is 262 Å². The van der Waals surface area contributed by atoms with Crippen molar-refractivity contribution in [3.8, 4) is 22.6 Å². The van der Waals surface area contributed by atoms with Crippen LogP contribution in [0.2, 0.25) is 0 Å². The van der Waals surface area contributed by atoms with Gasteiger partial charge in [0.1, 0.15) is 31.3 Å². The highest BCUT2D eigenvalue weighted by Crippen LogP contribution is 2.56. The number of rotatable bonds is 10. The van der Waals surface area contributed by atoms with Crippen LogP contribution in [0.1, 0.15) is 22.3 Å². The van der Waals surface area contributed by atoms with Gasteiger partial charge in [-0.25, -0.2) is 0 Å². The summed E-state index contributed by atoms with van der Waals surface area (Å²) in [5.74, 6) is 1.38. The third-order valence-corrected chi connectivity index (χ3v) is 9.05. The average Bonchev–Trinajstić information content (AvgIpc) is 3.36. The largest absolute Gasteiger partial charge is 0.491 e. The van der Waals surface area contributed by atoms with Gasteiger partial charge in [0.15, 0.2) is 0 Å². The van der Waals surface area contributed by atoms with Crippen molar-refractivity contribution in [2.75, 3.05) is 32.7 Å². The maximum absolute atomic E-state index is 11.3. The van der Waals surface area contributed by atoms with Crippen LogP contribution in [0.3, 0.4) is 0 Å². The van der Waals surface area contributed by atoms with Gasteiger partial charge in [0.25, 0.3) is 10.1 Å². The Balaban J connectivity index is 1.36. The first-order valence-electron chi connectivity index (χ1n) is 14.9. The molecule has 0 amide bonds. The molecule has 0 aliphatic heterocycles. The first-order valence-corrected chi connectivity index (χ1v) is 16.7. The predicted octanol–water partition coefficient (Wildman–Crippen LogP) is 7.08. The van der Waals surface area contributed by atoms with Gasteiger partial charge in [-0.2, -0.15) is 8.42 Å². The molecule has 0 radical (unpaired) electrons. The second-order valence-corrected chi connectivity index (χ2v) is 12.9. The molecule has 226 valence electrons. The molecule has 1 aliphatic rings. The van der Waals surface area contributed by atoms with E-state index in [0.29, 0.717) is 5.75 Å². The zero-order valence-corrected chi connectivity index (χ0v) is 25.6. The highest BCUT2D eigenvalue weighted by Gasteiger charge is 2.46. The average molecular weight is 617 g/mol. The lowest BCUT2D eigenvalue weighted by Gasteiger charge is -2.34. The normalized spacial score (nSPS) is 13.5. The minimum absolute atomic E-state index is 0.0290. The molecular weight excluding hydrogens is 584 g/mol. The first-order chi connectivity index (χ1) is 21.9. The lowest BCUT2D eigenvalue weighted by molar-refractivity contribution is 0.201. The van der Waals surface area contributed by atoms with E-state index in [-0.39, 0.29) is 26.4 Å². The molecule has 0 atom stereocenters. The van der Waals surface area contributed by atoms with E-state index < -0.39 is 15.5 Å². The zero-order chi connectivity index (χ0) is 31.0. The van der Waals surface area contributed by atoms with Crippen LogP contribution < -0.4 is 9.47 Å². The summed E-state index contributed by atoms with van der Waals surface area (Å²) in [5, 5.41) is 13.4. The van der Waals surface area contributed by atoms with Crippen molar-refractivity contribution in [1.29, 1.82) is 0 Å². The molecule has 7 rings (SSSR count). The Hall–Kier alpha value is -4.69. The molecular formula is C38H32O6S. The third kappa shape index (κ3) is 5.33. The number of aliphatic hydroxyl groups excluding tert-OH is 1. The second kappa shape index (κ2) is 11.7. The highest BCUT2D eigenvalue weighted by atomic mass is 32.2. The summed E-state index contributed by atoms with van der Waals surface area (Å²) < 4.78 is 38.8. The maximum atomic E-state index is 11.3. The Morgan fingerprint density at radius 1 is 0.578 bits per heavy atom. The number of aliphatic hydroxyl groups is 1. The van der Waals surface area contributed by atoms with Crippen LogP contribution in [0.25, 0.3) is 32.7 Å². The molecule has 6 aromatic rings. The Bertz CT molecular complexity index is 2110. The summed E-state index contributed by atoms with van der Waals surface area (Å²) in [6.07, 6.45) is 1.03. The van der Waals surface area contributed by atoms with Crippen molar-refractivity contribution in [3.05, 3.63) is 144 Å². The monoisotopic (exact) mass is 616 g/mol. The fraction of sp³-hybridized carbons (Fsp3) is 0.158. The smallest absolute Gasteiger partial charge is 0.264 e. The van der Waals surface area contributed by atoms with Gasteiger partial charge in [0.05, 0.1) is 18.3 Å². The summed E-state index contributed by atoms with van der Waals surface area (Å²) in [4.78, 5) is 0. The quantitative estimate of drug-likeness (QED) is 0.131. The standard InChI is InChI=1S/C38H32O6S/c1-45(40,41)44-21-20-43-33-17-13-27-23-31(15-11-29(27)25-33)38(36-8-4-2-6-34(36)35-7-3-5-9-37(35)38)30-14-10-28-24-32(42-19-18-39)16-12-26(28)22-30/h2-17,22-25,39H,18-21H2,1H3. The van der Waals surface area contributed by atoms with Gasteiger partial charge in [-0.3, -0.25) is 4.18 Å². The number of benzene rings is 6. The summed E-state index contributed by atoms with van der Waals surface area (Å²) >= 11 is 0. The molecule has 0 unspecified atom stereocenters. The third-order valence-electron chi connectivity index (χ3n) is 8.45. The summed E-state index contributed by atoms with van der Waals surface area (Å²) in [7, 11) is -3.51. The maximum Gasteiger partial charge on any atom is 0.264 e. The summed E-state index contributed by atoms with van der Waals surface area (Å²) in [6, 6.07) is 42.5. The van der Waals surface area contributed by atoms with Crippen molar-refractivity contribution in [2.45, 2.75) is 5.41 Å². The fourth-order valence-electron chi connectivity index (χ4n) is 6.63. The van der Waals surface area contributed by atoms with Gasteiger partial charge < -0.3 is 14.6 Å². The van der Waals surface area contributed by atoms with Crippen LogP contribution in [0.4, 0.5) is 0 Å². The molecule has 6 aromatic carbocycles. The molecule has 0 saturated heterocycles. The van der Waals surface area contributed by atoms with Gasteiger partial charge >= 0.3 is 0 Å². The van der Waals surface area contributed by atoms with Crippen LogP contribution in [-0.4, -0.2) is 46.2 Å². The topological polar surface area (TPSA) is 82.1 Å². The van der Waals surface area contributed by atoms with Gasteiger partial charge in [0.2, 0.25) is 0 Å². The zero-order valence-electron chi connectivity index (χ0n) is 24.8. The molecule has 0 saturated carbocycles. The van der Waals surface area contributed by atoms with Crippen LogP contribution in [-0.2, 0) is 19.7 Å². The minimum atomic E-state index is -3.51. The van der Waals surface area contributed by atoms with Crippen molar-refractivity contribution in [3.63, 3.8) is 0 Å². The van der Waals surface area contributed by atoms with E-state index in [0.717, 1.165) is 39.1 Å². The van der Waals surface area contributed by atoms with E-state index in [1.165, 1.54) is 27.8 Å². The summed E-state index contributed by atoms with van der Waals surface area (Å²) in [5.41, 5.74) is 6.69. The Kier molecular flexibility index (Phi) is 7.53. The fourth-order valence-corrected chi connectivity index (χ4v) is 7.00. The van der Waals surface area contributed by atoms with E-state index in [1.54, 1.807) is 0 Å². The number of hydrogen-bond donors (Lipinski definition) is 1. The van der Waals surface area contributed by atoms with Crippen LogP contribution in [0.15, 0.2) is 121 Å². The lowest BCUT2D eigenvalue weighted by atomic mass is 9.67.